The molecule has 3 saturated heterocycles. The molecule has 2 unspecified atom stereocenters. The van der Waals surface area contributed by atoms with E-state index in [1.165, 1.54) is 0 Å². The first-order valence-corrected chi connectivity index (χ1v) is 13.6. The number of nitrogens with zero attached hydrogens (tertiary/aromatic N) is 1. The summed E-state index contributed by atoms with van der Waals surface area (Å²) in [5, 5.41) is 13.4. The zero-order chi connectivity index (χ0) is 26.2. The SMILES string of the molecule is CCOC(=O)[C@@H]1[C@H]2C(=O)N([C@@H](CO)Cc3ccccc3)C(C(=O)Nc3ccc(OC)cc3)C23CC[C@H]1S3. The van der Waals surface area contributed by atoms with Crippen molar-refractivity contribution in [2.75, 3.05) is 25.6 Å². The van der Waals surface area contributed by atoms with Crippen molar-refractivity contribution in [3.8, 4) is 5.75 Å². The molecule has 0 saturated carbocycles. The number of amides is 2. The second-order valence-corrected chi connectivity index (χ2v) is 11.4. The highest BCUT2D eigenvalue weighted by Crippen LogP contribution is 2.66. The lowest BCUT2D eigenvalue weighted by molar-refractivity contribution is -0.154. The van der Waals surface area contributed by atoms with Crippen LogP contribution in [-0.2, 0) is 25.5 Å². The minimum Gasteiger partial charge on any atom is -0.497 e. The number of nitrogens with one attached hydrogen (secondary N) is 1. The third-order valence-corrected chi connectivity index (χ3v) is 9.77. The summed E-state index contributed by atoms with van der Waals surface area (Å²) in [6.45, 7) is 1.69. The van der Waals surface area contributed by atoms with Gasteiger partial charge in [0.2, 0.25) is 11.8 Å². The molecule has 3 heterocycles. The number of thioether (sulfide) groups is 1. The van der Waals surface area contributed by atoms with Gasteiger partial charge in [-0.2, -0.15) is 0 Å². The molecule has 2 N–H and O–H groups in total. The maximum absolute atomic E-state index is 14.1. The predicted molar refractivity (Wildman–Crippen MR) is 140 cm³/mol. The molecule has 2 aromatic carbocycles. The van der Waals surface area contributed by atoms with E-state index in [2.05, 4.69) is 5.32 Å². The fourth-order valence-electron chi connectivity index (χ4n) is 6.31. The van der Waals surface area contributed by atoms with Crippen LogP contribution in [0.2, 0.25) is 0 Å². The van der Waals surface area contributed by atoms with Gasteiger partial charge in [-0.25, -0.2) is 0 Å². The lowest BCUT2D eigenvalue weighted by atomic mass is 9.71. The smallest absolute Gasteiger partial charge is 0.310 e. The Kier molecular flexibility index (Phi) is 7.18. The largest absolute Gasteiger partial charge is 0.497 e. The number of methoxy groups -OCH3 is 1. The van der Waals surface area contributed by atoms with Crippen LogP contribution in [0, 0.1) is 11.8 Å². The summed E-state index contributed by atoms with van der Waals surface area (Å²) in [5.41, 5.74) is 1.54. The van der Waals surface area contributed by atoms with Gasteiger partial charge in [-0.3, -0.25) is 14.4 Å². The van der Waals surface area contributed by atoms with Crippen molar-refractivity contribution in [3.05, 3.63) is 60.2 Å². The summed E-state index contributed by atoms with van der Waals surface area (Å²) in [7, 11) is 1.57. The molecule has 1 spiro atoms. The number of hydrogen-bond acceptors (Lipinski definition) is 7. The minimum absolute atomic E-state index is 0.0619. The summed E-state index contributed by atoms with van der Waals surface area (Å²) in [6.07, 6.45) is 1.78. The van der Waals surface area contributed by atoms with Crippen molar-refractivity contribution in [2.24, 2.45) is 11.8 Å². The molecule has 37 heavy (non-hydrogen) atoms. The summed E-state index contributed by atoms with van der Waals surface area (Å²) in [5.74, 6) is -1.53. The average Bonchev–Trinajstić information content (AvgIpc) is 3.56. The molecule has 2 amide bonds. The fraction of sp³-hybridized carbons (Fsp3) is 0.464. The van der Waals surface area contributed by atoms with Crippen LogP contribution in [0.4, 0.5) is 5.69 Å². The average molecular weight is 525 g/mol. The standard InChI is InChI=1S/C28H32N2O6S/c1-3-36-27(34)22-21-13-14-28(37-21)23(22)26(33)30(19(16-31)15-17-7-5-4-6-8-17)24(28)25(32)29-18-9-11-20(35-2)12-10-18/h4-12,19,21-24,31H,3,13-16H2,1-2H3,(H,29,32)/t19-,21-,22+,23+,24?,28?/m1/s1. The summed E-state index contributed by atoms with van der Waals surface area (Å²) in [6, 6.07) is 15.2. The number of aliphatic hydroxyl groups excluding tert-OH is 1. The number of hydrogen-bond donors (Lipinski definition) is 2. The monoisotopic (exact) mass is 524 g/mol. The third kappa shape index (κ3) is 4.38. The minimum atomic E-state index is -0.831. The molecule has 0 radical (unpaired) electrons. The Morgan fingerprint density at radius 3 is 2.57 bits per heavy atom. The van der Waals surface area contributed by atoms with E-state index in [1.807, 2.05) is 30.3 Å². The number of benzene rings is 2. The molecule has 3 aliphatic heterocycles. The summed E-state index contributed by atoms with van der Waals surface area (Å²) in [4.78, 5) is 42.7. The van der Waals surface area contributed by atoms with Gasteiger partial charge in [0.15, 0.2) is 0 Å². The highest BCUT2D eigenvalue weighted by atomic mass is 32.2. The van der Waals surface area contributed by atoms with Gasteiger partial charge < -0.3 is 24.8 Å². The Morgan fingerprint density at radius 2 is 1.92 bits per heavy atom. The Labute approximate surface area is 220 Å². The Balaban J connectivity index is 1.52. The summed E-state index contributed by atoms with van der Waals surface area (Å²) >= 11 is 1.58. The first kappa shape index (κ1) is 25.6. The van der Waals surface area contributed by atoms with Gasteiger partial charge in [0.05, 0.1) is 42.9 Å². The molecule has 0 aliphatic carbocycles. The van der Waals surface area contributed by atoms with Crippen LogP contribution in [0.3, 0.4) is 0 Å². The normalized spacial score (nSPS) is 28.6. The maximum atomic E-state index is 14.1. The van der Waals surface area contributed by atoms with E-state index in [-0.39, 0.29) is 36.2 Å². The molecular weight excluding hydrogens is 492 g/mol. The summed E-state index contributed by atoms with van der Waals surface area (Å²) < 4.78 is 9.84. The Morgan fingerprint density at radius 1 is 1.19 bits per heavy atom. The number of fused-ring (bicyclic) bond motifs is 1. The molecule has 9 heteroatoms. The van der Waals surface area contributed by atoms with Crippen LogP contribution >= 0.6 is 11.8 Å². The van der Waals surface area contributed by atoms with Gasteiger partial charge in [-0.05, 0) is 56.0 Å². The first-order chi connectivity index (χ1) is 17.9. The quantitative estimate of drug-likeness (QED) is 0.486. The fourth-order valence-corrected chi connectivity index (χ4v) is 8.51. The van der Waals surface area contributed by atoms with Crippen LogP contribution in [0.15, 0.2) is 54.6 Å². The van der Waals surface area contributed by atoms with Crippen LogP contribution in [-0.4, -0.2) is 70.2 Å². The van der Waals surface area contributed by atoms with Crippen molar-refractivity contribution >= 4 is 35.2 Å². The van der Waals surface area contributed by atoms with Gasteiger partial charge >= 0.3 is 5.97 Å². The second-order valence-electron chi connectivity index (χ2n) is 9.80. The lowest BCUT2D eigenvalue weighted by Crippen LogP contribution is -2.55. The number of likely N-dealkylation sites (tertiary alicyclic amines) is 1. The van der Waals surface area contributed by atoms with Crippen molar-refractivity contribution < 1.29 is 29.0 Å². The zero-order valence-corrected chi connectivity index (χ0v) is 21.8. The third-order valence-electron chi connectivity index (χ3n) is 7.82. The van der Waals surface area contributed by atoms with Gasteiger partial charge in [0, 0.05) is 10.9 Å². The van der Waals surface area contributed by atoms with Crippen LogP contribution in [0.5, 0.6) is 5.75 Å². The zero-order valence-electron chi connectivity index (χ0n) is 21.0. The molecule has 3 aliphatic rings. The Bertz CT molecular complexity index is 1160. The molecule has 6 atom stereocenters. The van der Waals surface area contributed by atoms with Gasteiger partial charge in [0.1, 0.15) is 11.8 Å². The highest BCUT2D eigenvalue weighted by molar-refractivity contribution is 8.02. The van der Waals surface area contributed by atoms with E-state index >= 15 is 0 Å². The van der Waals surface area contributed by atoms with Crippen molar-refractivity contribution in [3.63, 3.8) is 0 Å². The molecule has 3 fully saturated rings. The molecule has 8 nitrogen and oxygen atoms in total. The van der Waals surface area contributed by atoms with E-state index < -0.39 is 28.7 Å². The topological polar surface area (TPSA) is 105 Å². The molecule has 2 bridgehead atoms. The van der Waals surface area contributed by atoms with Crippen molar-refractivity contribution in [2.45, 2.75) is 48.3 Å². The number of esters is 1. The number of aliphatic hydroxyl groups is 1. The van der Waals surface area contributed by atoms with E-state index in [1.54, 1.807) is 55.0 Å². The second kappa shape index (κ2) is 10.4. The number of carbonyl (C=O) groups is 3. The molecule has 0 aromatic heterocycles. The molecule has 2 aromatic rings. The van der Waals surface area contributed by atoms with E-state index in [0.717, 1.165) is 12.0 Å². The lowest BCUT2D eigenvalue weighted by Gasteiger charge is -2.37. The van der Waals surface area contributed by atoms with E-state index in [0.29, 0.717) is 24.3 Å². The van der Waals surface area contributed by atoms with Crippen LogP contribution in [0.1, 0.15) is 25.3 Å². The van der Waals surface area contributed by atoms with Gasteiger partial charge in [0.25, 0.3) is 0 Å². The Hall–Kier alpha value is -3.04. The van der Waals surface area contributed by atoms with Crippen molar-refractivity contribution in [1.29, 1.82) is 0 Å². The number of rotatable bonds is 9. The number of carbonyl (C=O) groups excluding carboxylic acids is 3. The molecule has 196 valence electrons. The van der Waals surface area contributed by atoms with Crippen LogP contribution < -0.4 is 10.1 Å². The van der Waals surface area contributed by atoms with Gasteiger partial charge in [-0.15, -0.1) is 11.8 Å². The molecular formula is C28H32N2O6S. The highest BCUT2D eigenvalue weighted by Gasteiger charge is 2.74. The predicted octanol–water partition coefficient (Wildman–Crippen LogP) is 2.89. The number of anilines is 1. The van der Waals surface area contributed by atoms with Crippen LogP contribution in [0.25, 0.3) is 0 Å². The van der Waals surface area contributed by atoms with E-state index in [4.69, 9.17) is 9.47 Å². The number of ether oxygens (including phenoxy) is 2. The van der Waals surface area contributed by atoms with Crippen molar-refractivity contribution in [1.82, 2.24) is 4.90 Å². The molecule has 5 rings (SSSR count). The first-order valence-electron chi connectivity index (χ1n) is 12.7. The maximum Gasteiger partial charge on any atom is 0.310 e. The van der Waals surface area contributed by atoms with E-state index in [9.17, 15) is 19.5 Å². The van der Waals surface area contributed by atoms with Gasteiger partial charge in [-0.1, -0.05) is 30.3 Å².